The van der Waals surface area contributed by atoms with Gasteiger partial charge in [0.25, 0.3) is 5.91 Å². The number of carbonyl (C=O) groups excluding carboxylic acids is 2. The van der Waals surface area contributed by atoms with Crippen molar-refractivity contribution in [1.82, 2.24) is 15.2 Å². The van der Waals surface area contributed by atoms with Crippen LogP contribution >= 0.6 is 0 Å². The van der Waals surface area contributed by atoms with Crippen LogP contribution in [0.1, 0.15) is 47.2 Å². The van der Waals surface area contributed by atoms with E-state index in [-0.39, 0.29) is 17.9 Å². The molecule has 2 aliphatic rings. The molecule has 0 radical (unpaired) electrons. The Morgan fingerprint density at radius 3 is 2.45 bits per heavy atom. The summed E-state index contributed by atoms with van der Waals surface area (Å²) in [7, 11) is 0. The van der Waals surface area contributed by atoms with Crippen LogP contribution in [0, 0.1) is 0 Å². The van der Waals surface area contributed by atoms with Crippen LogP contribution in [0.15, 0.2) is 48.8 Å². The molecule has 1 N–H and O–H groups in total. The Hall–Kier alpha value is -2.94. The molecular weight excluding hydrogens is 435 g/mol. The summed E-state index contributed by atoms with van der Waals surface area (Å²) in [5.74, 6) is -0.375. The van der Waals surface area contributed by atoms with E-state index in [0.29, 0.717) is 63.1 Å². The third kappa shape index (κ3) is 5.03. The van der Waals surface area contributed by atoms with Crippen LogP contribution in [0.3, 0.4) is 0 Å². The van der Waals surface area contributed by atoms with Gasteiger partial charge in [0, 0.05) is 44.7 Å². The molecule has 1 aromatic carbocycles. The number of carbonyl (C=O) groups is 2. The largest absolute Gasteiger partial charge is 0.416 e. The van der Waals surface area contributed by atoms with Gasteiger partial charge in [-0.3, -0.25) is 14.6 Å². The molecule has 0 unspecified atom stereocenters. The second kappa shape index (κ2) is 9.51. The third-order valence-corrected chi connectivity index (χ3v) is 6.54. The molecule has 176 valence electrons. The van der Waals surface area contributed by atoms with Crippen molar-refractivity contribution in [3.8, 4) is 0 Å². The molecule has 2 saturated heterocycles. The number of hydrogen-bond acceptors (Lipinski definition) is 4. The molecular formula is C24H26F3N3O3. The van der Waals surface area contributed by atoms with Crippen LogP contribution in [-0.4, -0.2) is 54.0 Å². The second-order valence-corrected chi connectivity index (χ2v) is 8.55. The molecule has 2 aromatic rings. The number of likely N-dealkylation sites (tertiary alicyclic amines) is 1. The normalized spacial score (nSPS) is 19.2. The van der Waals surface area contributed by atoms with E-state index in [4.69, 9.17) is 4.74 Å². The van der Waals surface area contributed by atoms with Crippen molar-refractivity contribution in [2.75, 3.05) is 26.3 Å². The number of piperidine rings is 1. The molecule has 33 heavy (non-hydrogen) atoms. The predicted octanol–water partition coefficient (Wildman–Crippen LogP) is 3.57. The van der Waals surface area contributed by atoms with Crippen molar-refractivity contribution in [1.29, 1.82) is 0 Å². The average Bonchev–Trinajstić information content (AvgIpc) is 2.84. The lowest BCUT2D eigenvalue weighted by Crippen LogP contribution is -2.54. The van der Waals surface area contributed by atoms with Crippen LogP contribution < -0.4 is 5.32 Å². The Morgan fingerprint density at radius 1 is 1.09 bits per heavy atom. The zero-order chi connectivity index (χ0) is 23.5. The van der Waals surface area contributed by atoms with Gasteiger partial charge in [0.15, 0.2) is 0 Å². The smallest absolute Gasteiger partial charge is 0.381 e. The van der Waals surface area contributed by atoms with Crippen molar-refractivity contribution >= 4 is 11.8 Å². The molecule has 2 aliphatic heterocycles. The third-order valence-electron chi connectivity index (χ3n) is 6.54. The molecule has 0 saturated carbocycles. The van der Waals surface area contributed by atoms with E-state index in [1.807, 2.05) is 0 Å². The number of nitrogens with zero attached hydrogens (tertiary/aromatic N) is 2. The lowest BCUT2D eigenvalue weighted by atomic mass is 9.72. The first-order chi connectivity index (χ1) is 15.8. The molecule has 0 spiro atoms. The number of aromatic nitrogens is 1. The molecule has 1 aromatic heterocycles. The quantitative estimate of drug-likeness (QED) is 0.756. The van der Waals surface area contributed by atoms with E-state index < -0.39 is 17.2 Å². The maximum atomic E-state index is 13.7. The second-order valence-electron chi connectivity index (χ2n) is 8.55. The Morgan fingerprint density at radius 2 is 1.82 bits per heavy atom. The first-order valence-corrected chi connectivity index (χ1v) is 11.1. The van der Waals surface area contributed by atoms with Gasteiger partial charge in [-0.2, -0.15) is 13.2 Å². The summed E-state index contributed by atoms with van der Waals surface area (Å²) in [6.07, 6.45) is 0.446. The van der Waals surface area contributed by atoms with Crippen LogP contribution in [-0.2, 0) is 21.1 Å². The van der Waals surface area contributed by atoms with Gasteiger partial charge in [0.05, 0.1) is 16.5 Å². The highest BCUT2D eigenvalue weighted by Gasteiger charge is 2.45. The molecule has 4 rings (SSSR count). The van der Waals surface area contributed by atoms with Gasteiger partial charge < -0.3 is 15.0 Å². The molecule has 0 aliphatic carbocycles. The Balaban J connectivity index is 1.47. The molecule has 0 bridgehead atoms. The van der Waals surface area contributed by atoms with Crippen molar-refractivity contribution in [3.63, 3.8) is 0 Å². The minimum absolute atomic E-state index is 0.0825. The fourth-order valence-corrected chi connectivity index (χ4v) is 4.63. The van der Waals surface area contributed by atoms with Crippen molar-refractivity contribution < 1.29 is 27.5 Å². The van der Waals surface area contributed by atoms with Gasteiger partial charge in [-0.25, -0.2) is 0 Å². The zero-order valence-electron chi connectivity index (χ0n) is 18.1. The fraction of sp³-hybridized carbons (Fsp3) is 0.458. The summed E-state index contributed by atoms with van der Waals surface area (Å²) in [6, 6.07) is 8.40. The van der Waals surface area contributed by atoms with Gasteiger partial charge in [-0.05, 0) is 49.4 Å². The van der Waals surface area contributed by atoms with Crippen molar-refractivity contribution in [2.45, 2.75) is 43.3 Å². The van der Waals surface area contributed by atoms with E-state index in [1.165, 1.54) is 12.3 Å². The zero-order valence-corrected chi connectivity index (χ0v) is 18.1. The molecule has 9 heteroatoms. The van der Waals surface area contributed by atoms with Gasteiger partial charge >= 0.3 is 6.18 Å². The lowest BCUT2D eigenvalue weighted by molar-refractivity contribution is -0.143. The number of alkyl halides is 3. The Labute approximate surface area is 190 Å². The van der Waals surface area contributed by atoms with Gasteiger partial charge in [-0.15, -0.1) is 0 Å². The summed E-state index contributed by atoms with van der Waals surface area (Å²) in [4.78, 5) is 31.7. The van der Waals surface area contributed by atoms with Crippen LogP contribution in [0.2, 0.25) is 0 Å². The molecule has 2 amide bonds. The number of ether oxygens (including phenoxy) is 1. The maximum absolute atomic E-state index is 13.7. The first kappa shape index (κ1) is 23.2. The average molecular weight is 461 g/mol. The van der Waals surface area contributed by atoms with E-state index in [0.717, 1.165) is 12.1 Å². The molecule has 0 atom stereocenters. The number of amides is 2. The SMILES string of the molecule is O=C(NC1CCN(C(=O)C2(c3cccc(C(F)(F)F)c3)CCOCC2)CC1)c1cccnc1. The van der Waals surface area contributed by atoms with Gasteiger partial charge in [0.1, 0.15) is 0 Å². The highest BCUT2D eigenvalue weighted by Crippen LogP contribution is 2.40. The lowest BCUT2D eigenvalue weighted by Gasteiger charge is -2.42. The highest BCUT2D eigenvalue weighted by molar-refractivity contribution is 5.94. The minimum atomic E-state index is -4.48. The Kier molecular flexibility index (Phi) is 6.69. The monoisotopic (exact) mass is 461 g/mol. The highest BCUT2D eigenvalue weighted by atomic mass is 19.4. The van der Waals surface area contributed by atoms with E-state index in [9.17, 15) is 22.8 Å². The van der Waals surface area contributed by atoms with E-state index in [2.05, 4.69) is 10.3 Å². The summed E-state index contributed by atoms with van der Waals surface area (Å²) in [6.45, 7) is 1.50. The first-order valence-electron chi connectivity index (χ1n) is 11.1. The fourth-order valence-electron chi connectivity index (χ4n) is 4.63. The number of benzene rings is 1. The van der Waals surface area contributed by atoms with Gasteiger partial charge in [-0.1, -0.05) is 18.2 Å². The van der Waals surface area contributed by atoms with Crippen LogP contribution in [0.5, 0.6) is 0 Å². The molecule has 2 fully saturated rings. The van der Waals surface area contributed by atoms with Crippen LogP contribution in [0.25, 0.3) is 0 Å². The molecule has 6 nitrogen and oxygen atoms in total. The van der Waals surface area contributed by atoms with Crippen molar-refractivity contribution in [3.05, 3.63) is 65.5 Å². The number of rotatable bonds is 4. The Bertz CT molecular complexity index is 983. The van der Waals surface area contributed by atoms with Crippen molar-refractivity contribution in [2.24, 2.45) is 0 Å². The number of hydrogen-bond donors (Lipinski definition) is 1. The summed E-state index contributed by atoms with van der Waals surface area (Å²) < 4.78 is 45.4. The number of pyridine rings is 1. The summed E-state index contributed by atoms with van der Waals surface area (Å²) in [5.41, 5.74) is -0.930. The topological polar surface area (TPSA) is 71.5 Å². The molecule has 3 heterocycles. The van der Waals surface area contributed by atoms with Crippen LogP contribution in [0.4, 0.5) is 13.2 Å². The number of nitrogens with one attached hydrogen (secondary N) is 1. The number of halogens is 3. The van der Waals surface area contributed by atoms with Gasteiger partial charge in [0.2, 0.25) is 5.91 Å². The van der Waals surface area contributed by atoms with E-state index >= 15 is 0 Å². The minimum Gasteiger partial charge on any atom is -0.381 e. The predicted molar refractivity (Wildman–Crippen MR) is 114 cm³/mol. The van der Waals surface area contributed by atoms with E-state index in [1.54, 1.807) is 29.3 Å². The summed E-state index contributed by atoms with van der Waals surface area (Å²) >= 11 is 0. The summed E-state index contributed by atoms with van der Waals surface area (Å²) in [5, 5.41) is 2.98. The maximum Gasteiger partial charge on any atom is 0.416 e. The standard InChI is InChI=1S/C24H26F3N3O3/c25-24(26,27)19-5-1-4-18(15-19)23(8-13-33-14-9-23)22(32)30-11-6-20(7-12-30)29-21(31)17-3-2-10-28-16-17/h1-5,10,15-16,20H,6-9,11-14H2,(H,29,31).